The lowest BCUT2D eigenvalue weighted by atomic mass is 10.1. The summed E-state index contributed by atoms with van der Waals surface area (Å²) in [5.41, 5.74) is 4.11. The Morgan fingerprint density at radius 3 is 2.32 bits per heavy atom. The van der Waals surface area contributed by atoms with Gasteiger partial charge >= 0.3 is 11.9 Å². The second kappa shape index (κ2) is 12.1. The van der Waals surface area contributed by atoms with Gasteiger partial charge in [0.05, 0.1) is 31.4 Å². The van der Waals surface area contributed by atoms with E-state index in [0.29, 0.717) is 23.3 Å². The molecule has 1 heterocycles. The molecule has 0 aliphatic heterocycles. The highest BCUT2D eigenvalue weighted by atomic mass is 16.6. The Morgan fingerprint density at radius 2 is 1.62 bits per heavy atom. The number of carbonyl (C=O) groups is 2. The summed E-state index contributed by atoms with van der Waals surface area (Å²) in [7, 11) is 1.62. The van der Waals surface area contributed by atoms with E-state index < -0.39 is 11.9 Å². The molecule has 0 unspecified atom stereocenters. The zero-order valence-corrected chi connectivity index (χ0v) is 21.4. The van der Waals surface area contributed by atoms with Gasteiger partial charge in [-0.1, -0.05) is 30.3 Å². The Kier molecular flexibility index (Phi) is 8.46. The zero-order chi connectivity index (χ0) is 26.2. The number of ether oxygens (including phenoxy) is 4. The van der Waals surface area contributed by atoms with Crippen LogP contribution in [-0.2, 0) is 20.7 Å². The summed E-state index contributed by atoms with van der Waals surface area (Å²) in [4.78, 5) is 25.1. The van der Waals surface area contributed by atoms with Crippen LogP contribution in [0.1, 0.15) is 35.0 Å². The van der Waals surface area contributed by atoms with Gasteiger partial charge in [0.2, 0.25) is 0 Å². The maximum Gasteiger partial charge on any atom is 0.344 e. The first-order chi connectivity index (χ1) is 18.0. The van der Waals surface area contributed by atoms with E-state index in [0.717, 1.165) is 35.5 Å². The molecule has 0 aliphatic carbocycles. The number of benzene rings is 3. The average molecular weight is 502 g/mol. The van der Waals surface area contributed by atoms with Gasteiger partial charge in [-0.3, -0.25) is 0 Å². The number of hydrogen-bond acceptors (Lipinski definition) is 6. The molecule has 0 aliphatic rings. The Hall–Kier alpha value is -4.26. The van der Waals surface area contributed by atoms with Gasteiger partial charge in [-0.25, -0.2) is 9.59 Å². The van der Waals surface area contributed by atoms with Crippen LogP contribution in [0.15, 0.2) is 72.8 Å². The number of hydrogen-bond donors (Lipinski definition) is 0. The quantitative estimate of drug-likeness (QED) is 0.194. The van der Waals surface area contributed by atoms with Gasteiger partial charge in [0.1, 0.15) is 11.5 Å². The molecule has 7 nitrogen and oxygen atoms in total. The third-order valence-electron chi connectivity index (χ3n) is 6.06. The van der Waals surface area contributed by atoms with Crippen LogP contribution in [0.2, 0.25) is 0 Å². The summed E-state index contributed by atoms with van der Waals surface area (Å²) in [6.45, 7) is 4.02. The molecule has 0 spiro atoms. The third kappa shape index (κ3) is 6.12. The highest BCUT2D eigenvalue weighted by Gasteiger charge is 2.22. The lowest BCUT2D eigenvalue weighted by molar-refractivity contribution is -0.146. The molecule has 0 atom stereocenters. The van der Waals surface area contributed by atoms with E-state index in [2.05, 4.69) is 12.1 Å². The second-order valence-electron chi connectivity index (χ2n) is 8.49. The summed E-state index contributed by atoms with van der Waals surface area (Å²) in [6.07, 6.45) is 1.58. The molecule has 192 valence electrons. The minimum absolute atomic E-state index is 0.218. The summed E-state index contributed by atoms with van der Waals surface area (Å²) < 4.78 is 23.6. The smallest absolute Gasteiger partial charge is 0.344 e. The van der Waals surface area contributed by atoms with Crippen molar-refractivity contribution in [1.29, 1.82) is 0 Å². The van der Waals surface area contributed by atoms with Crippen LogP contribution >= 0.6 is 0 Å². The minimum Gasteiger partial charge on any atom is -0.497 e. The van der Waals surface area contributed by atoms with Crippen molar-refractivity contribution in [2.75, 3.05) is 26.9 Å². The molecule has 0 radical (unpaired) electrons. The van der Waals surface area contributed by atoms with Crippen LogP contribution < -0.4 is 9.47 Å². The fourth-order valence-corrected chi connectivity index (χ4v) is 4.30. The van der Waals surface area contributed by atoms with Crippen molar-refractivity contribution < 1.29 is 28.5 Å². The molecule has 0 fully saturated rings. The predicted octanol–water partition coefficient (Wildman–Crippen LogP) is 5.68. The Bertz CT molecular complexity index is 1360. The summed E-state index contributed by atoms with van der Waals surface area (Å²) in [5, 5.41) is 0.681. The highest BCUT2D eigenvalue weighted by Crippen LogP contribution is 2.33. The van der Waals surface area contributed by atoms with E-state index in [4.69, 9.17) is 18.9 Å². The van der Waals surface area contributed by atoms with Crippen molar-refractivity contribution in [2.45, 2.75) is 26.7 Å². The minimum atomic E-state index is -0.439. The maximum atomic E-state index is 12.9. The molecule has 0 amide bonds. The van der Waals surface area contributed by atoms with E-state index in [1.165, 1.54) is 5.56 Å². The van der Waals surface area contributed by atoms with Crippen molar-refractivity contribution in [1.82, 2.24) is 4.57 Å². The van der Waals surface area contributed by atoms with Crippen molar-refractivity contribution in [3.05, 3.63) is 89.6 Å². The van der Waals surface area contributed by atoms with Gasteiger partial charge in [-0.15, -0.1) is 0 Å². The fourth-order valence-electron chi connectivity index (χ4n) is 4.30. The molecular formula is C30H31NO6. The van der Waals surface area contributed by atoms with E-state index in [-0.39, 0.29) is 13.2 Å². The van der Waals surface area contributed by atoms with Crippen LogP contribution in [0, 0.1) is 6.92 Å². The van der Waals surface area contributed by atoms with Crippen LogP contribution in [0.3, 0.4) is 0 Å². The van der Waals surface area contributed by atoms with Gasteiger partial charge in [-0.2, -0.15) is 0 Å². The topological polar surface area (TPSA) is 76.0 Å². The number of nitrogens with zero attached hydrogens (tertiary/aromatic N) is 1. The molecule has 4 aromatic rings. The molecule has 3 aromatic carbocycles. The van der Waals surface area contributed by atoms with Crippen LogP contribution in [0.4, 0.5) is 0 Å². The van der Waals surface area contributed by atoms with Crippen molar-refractivity contribution in [3.63, 3.8) is 0 Å². The molecular weight excluding hydrogens is 470 g/mol. The normalized spacial score (nSPS) is 10.8. The predicted molar refractivity (Wildman–Crippen MR) is 142 cm³/mol. The van der Waals surface area contributed by atoms with Crippen LogP contribution in [0.5, 0.6) is 11.5 Å². The number of aromatic nitrogens is 1. The van der Waals surface area contributed by atoms with E-state index in [1.54, 1.807) is 26.2 Å². The molecule has 37 heavy (non-hydrogen) atoms. The average Bonchev–Trinajstić information content (AvgIpc) is 3.21. The van der Waals surface area contributed by atoms with Crippen molar-refractivity contribution >= 4 is 22.8 Å². The Morgan fingerprint density at radius 1 is 0.892 bits per heavy atom. The largest absolute Gasteiger partial charge is 0.497 e. The standard InChI is InChI=1S/C30H31NO6/c1-4-35-30(33)29-21(2)31(23-12-14-24(34-3)15-13-23)27-17-16-25(19-26(27)29)37-20-28(32)36-18-8-11-22-9-6-5-7-10-22/h5-7,9-10,12-17,19H,4,8,11,18,20H2,1-3H3. The third-order valence-corrected chi connectivity index (χ3v) is 6.06. The van der Waals surface area contributed by atoms with Gasteiger partial charge in [0.25, 0.3) is 0 Å². The highest BCUT2D eigenvalue weighted by molar-refractivity contribution is 6.07. The fraction of sp³-hybridized carbons (Fsp3) is 0.267. The molecule has 0 saturated carbocycles. The number of carbonyl (C=O) groups excluding carboxylic acids is 2. The van der Waals surface area contributed by atoms with Crippen LogP contribution in [0.25, 0.3) is 16.6 Å². The Labute approximate surface area is 216 Å². The number of methoxy groups -OCH3 is 1. The van der Waals surface area contributed by atoms with Gasteiger partial charge < -0.3 is 23.5 Å². The van der Waals surface area contributed by atoms with Crippen LogP contribution in [-0.4, -0.2) is 43.4 Å². The first kappa shape index (κ1) is 25.8. The molecule has 4 rings (SSSR count). The molecule has 7 heteroatoms. The van der Waals surface area contributed by atoms with E-state index in [1.807, 2.05) is 60.0 Å². The molecule has 0 bridgehead atoms. The lowest BCUT2D eigenvalue weighted by Gasteiger charge is -2.10. The summed E-state index contributed by atoms with van der Waals surface area (Å²) >= 11 is 0. The van der Waals surface area contributed by atoms with E-state index >= 15 is 0 Å². The number of esters is 2. The Balaban J connectivity index is 1.49. The zero-order valence-electron chi connectivity index (χ0n) is 21.4. The number of aryl methyl sites for hydroxylation is 1. The van der Waals surface area contributed by atoms with Gasteiger partial charge in [0, 0.05) is 16.8 Å². The van der Waals surface area contributed by atoms with Gasteiger partial charge in [-0.05, 0) is 74.7 Å². The first-order valence-electron chi connectivity index (χ1n) is 12.3. The number of rotatable bonds is 11. The summed E-state index contributed by atoms with van der Waals surface area (Å²) in [6, 6.07) is 23.1. The SMILES string of the molecule is CCOC(=O)c1c(C)n(-c2ccc(OC)cc2)c2ccc(OCC(=O)OCCCc3ccccc3)cc12. The maximum absolute atomic E-state index is 12.9. The number of fused-ring (bicyclic) bond motifs is 1. The molecule has 0 N–H and O–H groups in total. The summed E-state index contributed by atoms with van der Waals surface area (Å²) in [5.74, 6) is 0.357. The first-order valence-corrected chi connectivity index (χ1v) is 12.3. The molecule has 1 aromatic heterocycles. The van der Waals surface area contributed by atoms with Crippen molar-refractivity contribution in [2.24, 2.45) is 0 Å². The van der Waals surface area contributed by atoms with Gasteiger partial charge in [0.15, 0.2) is 6.61 Å². The molecule has 0 saturated heterocycles. The van der Waals surface area contributed by atoms with E-state index in [9.17, 15) is 9.59 Å². The lowest BCUT2D eigenvalue weighted by Crippen LogP contribution is -2.15. The monoisotopic (exact) mass is 501 g/mol. The van der Waals surface area contributed by atoms with Crippen molar-refractivity contribution in [3.8, 4) is 17.2 Å². The second-order valence-corrected chi connectivity index (χ2v) is 8.49.